The Balaban J connectivity index is 2.29. The van der Waals surface area contributed by atoms with Gasteiger partial charge in [-0.15, -0.1) is 0 Å². The molecule has 98 valence electrons. The van der Waals surface area contributed by atoms with Gasteiger partial charge in [-0.25, -0.2) is 14.8 Å². The highest BCUT2D eigenvalue weighted by Gasteiger charge is 2.15. The third kappa shape index (κ3) is 1.99. The van der Waals surface area contributed by atoms with Crippen molar-refractivity contribution in [2.75, 3.05) is 7.11 Å². The predicted molar refractivity (Wildman–Crippen MR) is 74.1 cm³/mol. The second kappa shape index (κ2) is 5.05. The van der Waals surface area contributed by atoms with Gasteiger partial charge >= 0.3 is 5.97 Å². The Hall–Kier alpha value is -2.82. The summed E-state index contributed by atoms with van der Waals surface area (Å²) in [6, 6.07) is 7.53. The number of carbonyl (C=O) groups is 1. The van der Waals surface area contributed by atoms with Crippen molar-refractivity contribution < 1.29 is 9.53 Å². The van der Waals surface area contributed by atoms with E-state index in [0.29, 0.717) is 5.56 Å². The number of fused-ring (bicyclic) bond motifs is 1. The second-order valence-corrected chi connectivity index (χ2v) is 4.18. The van der Waals surface area contributed by atoms with Gasteiger partial charge in [-0.1, -0.05) is 18.2 Å². The molecular weight excluding hydrogens is 254 g/mol. The molecule has 0 aliphatic carbocycles. The van der Waals surface area contributed by atoms with Crippen molar-refractivity contribution in [3.05, 3.63) is 54.7 Å². The van der Waals surface area contributed by atoms with Crippen LogP contribution in [0.5, 0.6) is 0 Å². The molecule has 0 aliphatic heterocycles. The third-order valence-electron chi connectivity index (χ3n) is 3.05. The number of hydrogen-bond donors (Lipinski definition) is 0. The van der Waals surface area contributed by atoms with Crippen LogP contribution in [0.1, 0.15) is 10.4 Å². The minimum absolute atomic E-state index is 0.417. The zero-order chi connectivity index (χ0) is 13.9. The molecule has 5 nitrogen and oxygen atoms in total. The molecule has 20 heavy (non-hydrogen) atoms. The van der Waals surface area contributed by atoms with Crippen LogP contribution in [-0.2, 0) is 4.74 Å². The number of ether oxygens (including phenoxy) is 1. The lowest BCUT2D eigenvalue weighted by molar-refractivity contribution is 0.0601. The van der Waals surface area contributed by atoms with Crippen molar-refractivity contribution in [3.8, 4) is 11.1 Å². The molecule has 5 heteroatoms. The van der Waals surface area contributed by atoms with E-state index in [-0.39, 0.29) is 0 Å². The molecule has 0 N–H and O–H groups in total. The molecule has 0 bridgehead atoms. The van der Waals surface area contributed by atoms with Crippen molar-refractivity contribution >= 4 is 16.9 Å². The molecule has 0 aliphatic rings. The number of para-hydroxylation sites is 1. The molecule has 3 rings (SSSR count). The lowest BCUT2D eigenvalue weighted by Gasteiger charge is -2.09. The quantitative estimate of drug-likeness (QED) is 0.666. The normalized spacial score (nSPS) is 10.4. The van der Waals surface area contributed by atoms with E-state index >= 15 is 0 Å². The highest BCUT2D eigenvalue weighted by atomic mass is 16.5. The maximum atomic E-state index is 11.8. The molecule has 1 aromatic carbocycles. The summed E-state index contributed by atoms with van der Waals surface area (Å²) in [6.45, 7) is 0. The van der Waals surface area contributed by atoms with Gasteiger partial charge in [0.1, 0.15) is 6.33 Å². The van der Waals surface area contributed by atoms with Crippen LogP contribution in [0.15, 0.2) is 49.2 Å². The van der Waals surface area contributed by atoms with Crippen LogP contribution in [0.2, 0.25) is 0 Å². The van der Waals surface area contributed by atoms with E-state index < -0.39 is 5.97 Å². The van der Waals surface area contributed by atoms with Crippen molar-refractivity contribution in [2.24, 2.45) is 0 Å². The summed E-state index contributed by atoms with van der Waals surface area (Å²) in [4.78, 5) is 24.1. The highest BCUT2D eigenvalue weighted by Crippen LogP contribution is 2.29. The Labute approximate surface area is 115 Å². The molecule has 0 radical (unpaired) electrons. The summed E-state index contributed by atoms with van der Waals surface area (Å²) in [5.74, 6) is -0.417. The summed E-state index contributed by atoms with van der Waals surface area (Å²) >= 11 is 0. The van der Waals surface area contributed by atoms with Crippen molar-refractivity contribution in [3.63, 3.8) is 0 Å². The van der Waals surface area contributed by atoms with Gasteiger partial charge in [-0.3, -0.25) is 4.98 Å². The standard InChI is InChI=1S/C15H11N3O2/c1-20-15(19)13-8-16-6-5-11(13)12-4-2-3-10-7-17-9-18-14(10)12/h2-9H,1H3. The van der Waals surface area contributed by atoms with Crippen LogP contribution < -0.4 is 0 Å². The van der Waals surface area contributed by atoms with Crippen LogP contribution in [0.3, 0.4) is 0 Å². The van der Waals surface area contributed by atoms with Crippen LogP contribution in [0.4, 0.5) is 0 Å². The van der Waals surface area contributed by atoms with Crippen molar-refractivity contribution in [1.29, 1.82) is 0 Å². The van der Waals surface area contributed by atoms with E-state index in [1.807, 2.05) is 18.2 Å². The summed E-state index contributed by atoms with van der Waals surface area (Å²) in [6.07, 6.45) is 6.37. The Bertz CT molecular complexity index is 781. The van der Waals surface area contributed by atoms with Gasteiger partial charge in [0.05, 0.1) is 18.2 Å². The van der Waals surface area contributed by atoms with Crippen LogP contribution in [-0.4, -0.2) is 28.0 Å². The zero-order valence-corrected chi connectivity index (χ0v) is 10.8. The predicted octanol–water partition coefficient (Wildman–Crippen LogP) is 2.48. The molecule has 2 aromatic heterocycles. The fourth-order valence-electron chi connectivity index (χ4n) is 2.13. The van der Waals surface area contributed by atoms with E-state index in [0.717, 1.165) is 22.0 Å². The van der Waals surface area contributed by atoms with Gasteiger partial charge in [-0.2, -0.15) is 0 Å². The first-order valence-electron chi connectivity index (χ1n) is 6.02. The SMILES string of the molecule is COC(=O)c1cnccc1-c1cccc2cncnc12. The first-order valence-corrected chi connectivity index (χ1v) is 6.02. The summed E-state index contributed by atoms with van der Waals surface area (Å²) in [7, 11) is 1.35. The number of rotatable bonds is 2. The number of benzene rings is 1. The lowest BCUT2D eigenvalue weighted by Crippen LogP contribution is -2.04. The summed E-state index contributed by atoms with van der Waals surface area (Å²) in [5, 5.41) is 0.914. The molecule has 0 fully saturated rings. The first kappa shape index (κ1) is 12.2. The second-order valence-electron chi connectivity index (χ2n) is 4.18. The van der Waals surface area contributed by atoms with Crippen LogP contribution in [0, 0.1) is 0 Å². The maximum Gasteiger partial charge on any atom is 0.340 e. The van der Waals surface area contributed by atoms with E-state index in [4.69, 9.17) is 4.74 Å². The molecule has 0 unspecified atom stereocenters. The monoisotopic (exact) mass is 265 g/mol. The fourth-order valence-corrected chi connectivity index (χ4v) is 2.13. The van der Waals surface area contributed by atoms with Crippen LogP contribution >= 0.6 is 0 Å². The number of nitrogens with zero attached hydrogens (tertiary/aromatic N) is 3. The van der Waals surface area contributed by atoms with E-state index in [9.17, 15) is 4.79 Å². The smallest absolute Gasteiger partial charge is 0.340 e. The van der Waals surface area contributed by atoms with E-state index in [1.54, 1.807) is 18.5 Å². The Morgan fingerprint density at radius 3 is 2.85 bits per heavy atom. The van der Waals surface area contributed by atoms with Crippen molar-refractivity contribution in [2.45, 2.75) is 0 Å². The van der Waals surface area contributed by atoms with Gasteiger partial charge in [0.15, 0.2) is 0 Å². The van der Waals surface area contributed by atoms with Gasteiger partial charge in [0, 0.05) is 35.1 Å². The zero-order valence-electron chi connectivity index (χ0n) is 10.8. The maximum absolute atomic E-state index is 11.8. The Kier molecular flexibility index (Phi) is 3.09. The largest absolute Gasteiger partial charge is 0.465 e. The average Bonchev–Trinajstić information content (AvgIpc) is 2.53. The minimum atomic E-state index is -0.417. The van der Waals surface area contributed by atoms with Gasteiger partial charge < -0.3 is 4.74 Å². The van der Waals surface area contributed by atoms with E-state index in [2.05, 4.69) is 15.0 Å². The minimum Gasteiger partial charge on any atom is -0.465 e. The lowest BCUT2D eigenvalue weighted by atomic mass is 9.99. The summed E-state index contributed by atoms with van der Waals surface area (Å²) in [5.41, 5.74) is 2.81. The molecule has 0 spiro atoms. The van der Waals surface area contributed by atoms with Gasteiger partial charge in [-0.05, 0) is 6.07 Å². The van der Waals surface area contributed by atoms with Crippen LogP contribution in [0.25, 0.3) is 22.0 Å². The number of hydrogen-bond acceptors (Lipinski definition) is 5. The molecule has 0 amide bonds. The number of carbonyl (C=O) groups excluding carboxylic acids is 1. The molecule has 0 saturated heterocycles. The number of pyridine rings is 1. The Morgan fingerprint density at radius 1 is 1.10 bits per heavy atom. The van der Waals surface area contributed by atoms with Gasteiger partial charge in [0.25, 0.3) is 0 Å². The number of aromatic nitrogens is 3. The molecular formula is C15H11N3O2. The molecule has 0 saturated carbocycles. The van der Waals surface area contributed by atoms with Crippen molar-refractivity contribution in [1.82, 2.24) is 15.0 Å². The third-order valence-corrected chi connectivity index (χ3v) is 3.05. The average molecular weight is 265 g/mol. The van der Waals surface area contributed by atoms with E-state index in [1.165, 1.54) is 19.6 Å². The molecule has 2 heterocycles. The Morgan fingerprint density at radius 2 is 2.00 bits per heavy atom. The highest BCUT2D eigenvalue weighted by molar-refractivity contribution is 6.02. The fraction of sp³-hybridized carbons (Fsp3) is 0.0667. The molecule has 0 atom stereocenters. The first-order chi connectivity index (χ1) is 9.81. The van der Waals surface area contributed by atoms with Gasteiger partial charge in [0.2, 0.25) is 0 Å². The molecule has 3 aromatic rings. The summed E-state index contributed by atoms with van der Waals surface area (Å²) < 4.78 is 4.80. The number of methoxy groups -OCH3 is 1. The number of esters is 1. The topological polar surface area (TPSA) is 65.0 Å².